The van der Waals surface area contributed by atoms with E-state index in [2.05, 4.69) is 43.6 Å². The fourth-order valence-electron chi connectivity index (χ4n) is 3.35. The van der Waals surface area contributed by atoms with E-state index in [0.29, 0.717) is 5.92 Å². The van der Waals surface area contributed by atoms with E-state index in [1.165, 1.54) is 12.8 Å². The second-order valence-electron chi connectivity index (χ2n) is 5.94. The minimum absolute atomic E-state index is 0.133. The summed E-state index contributed by atoms with van der Waals surface area (Å²) in [5.74, 6) is 0.833. The molecule has 114 valence electrons. The van der Waals surface area contributed by atoms with Crippen molar-refractivity contribution in [3.8, 4) is 0 Å². The van der Waals surface area contributed by atoms with E-state index in [1.807, 2.05) is 12.1 Å². The summed E-state index contributed by atoms with van der Waals surface area (Å²) in [7, 11) is 0. The lowest BCUT2D eigenvalue weighted by Gasteiger charge is -2.38. The van der Waals surface area contributed by atoms with Gasteiger partial charge in [-0.05, 0) is 49.5 Å². The van der Waals surface area contributed by atoms with Crippen LogP contribution in [0.1, 0.15) is 24.4 Å². The molecule has 3 rings (SSSR count). The average molecular weight is 352 g/mol. The molecule has 0 saturated carbocycles. The fourth-order valence-corrected chi connectivity index (χ4v) is 3.76. The largest absolute Gasteiger partial charge is 0.353 e. The average Bonchev–Trinajstić information content (AvgIpc) is 2.48. The van der Waals surface area contributed by atoms with Gasteiger partial charge >= 0.3 is 0 Å². The van der Waals surface area contributed by atoms with Gasteiger partial charge in [-0.25, -0.2) is 0 Å². The van der Waals surface area contributed by atoms with Crippen molar-refractivity contribution in [2.45, 2.75) is 18.9 Å². The van der Waals surface area contributed by atoms with Gasteiger partial charge in [-0.1, -0.05) is 28.1 Å². The second-order valence-corrected chi connectivity index (χ2v) is 6.85. The third kappa shape index (κ3) is 3.65. The molecule has 4 nitrogen and oxygen atoms in total. The minimum Gasteiger partial charge on any atom is -0.353 e. The summed E-state index contributed by atoms with van der Waals surface area (Å²) in [5.41, 5.74) is 1.08. The molecular formula is C16H22BrN3O. The van der Waals surface area contributed by atoms with Crippen LogP contribution in [0.2, 0.25) is 0 Å². The number of hydrogen-bond acceptors (Lipinski definition) is 3. The normalized spacial score (nSPS) is 24.8. The Morgan fingerprint density at radius 1 is 1.24 bits per heavy atom. The zero-order valence-corrected chi connectivity index (χ0v) is 13.7. The van der Waals surface area contributed by atoms with Gasteiger partial charge in [0.25, 0.3) is 0 Å². The highest BCUT2D eigenvalue weighted by Crippen LogP contribution is 2.27. The number of benzene rings is 1. The Hall–Kier alpha value is -0.910. The van der Waals surface area contributed by atoms with Gasteiger partial charge in [-0.15, -0.1) is 0 Å². The van der Waals surface area contributed by atoms with Gasteiger partial charge in [-0.3, -0.25) is 9.69 Å². The quantitative estimate of drug-likeness (QED) is 0.874. The maximum atomic E-state index is 12.4. The van der Waals surface area contributed by atoms with Gasteiger partial charge in [0.2, 0.25) is 5.91 Å². The summed E-state index contributed by atoms with van der Waals surface area (Å²) in [6, 6.07) is 7.97. The lowest BCUT2D eigenvalue weighted by atomic mass is 9.94. The van der Waals surface area contributed by atoms with Gasteiger partial charge in [0.05, 0.1) is 0 Å². The van der Waals surface area contributed by atoms with Gasteiger partial charge in [0, 0.05) is 24.1 Å². The molecule has 2 aliphatic heterocycles. The first-order valence-electron chi connectivity index (χ1n) is 7.72. The van der Waals surface area contributed by atoms with E-state index in [-0.39, 0.29) is 11.9 Å². The summed E-state index contributed by atoms with van der Waals surface area (Å²) < 4.78 is 1.03. The lowest BCUT2D eigenvalue weighted by molar-refractivity contribution is -0.129. The Morgan fingerprint density at radius 3 is 2.81 bits per heavy atom. The van der Waals surface area contributed by atoms with Gasteiger partial charge in [0.15, 0.2) is 0 Å². The summed E-state index contributed by atoms with van der Waals surface area (Å²) in [6.45, 7) is 4.92. The topological polar surface area (TPSA) is 44.4 Å². The van der Waals surface area contributed by atoms with Crippen LogP contribution in [0.15, 0.2) is 28.7 Å². The molecule has 1 aromatic rings. The molecule has 1 aromatic carbocycles. The number of hydrogen-bond donors (Lipinski definition) is 2. The lowest BCUT2D eigenvalue weighted by Crippen LogP contribution is -2.51. The molecule has 0 aromatic heterocycles. The third-order valence-electron chi connectivity index (χ3n) is 4.43. The van der Waals surface area contributed by atoms with Gasteiger partial charge in [-0.2, -0.15) is 0 Å². The van der Waals surface area contributed by atoms with E-state index in [4.69, 9.17) is 0 Å². The zero-order chi connectivity index (χ0) is 14.7. The second kappa shape index (κ2) is 6.90. The molecule has 0 radical (unpaired) electrons. The zero-order valence-electron chi connectivity index (χ0n) is 12.1. The Kier molecular flexibility index (Phi) is 4.93. The van der Waals surface area contributed by atoms with Crippen LogP contribution in [0.5, 0.6) is 0 Å². The SMILES string of the molecule is O=C1NCCN(CC2CCNCC2)C1c1cccc(Br)c1. The molecule has 1 amide bonds. The number of piperazine rings is 1. The predicted molar refractivity (Wildman–Crippen MR) is 87.1 cm³/mol. The van der Waals surface area contributed by atoms with Crippen molar-refractivity contribution in [1.29, 1.82) is 0 Å². The highest BCUT2D eigenvalue weighted by atomic mass is 79.9. The summed E-state index contributed by atoms with van der Waals surface area (Å²) in [4.78, 5) is 14.7. The number of piperidine rings is 1. The first kappa shape index (κ1) is 15.0. The van der Waals surface area contributed by atoms with Crippen LogP contribution in [0.25, 0.3) is 0 Å². The smallest absolute Gasteiger partial charge is 0.242 e. The molecule has 2 fully saturated rings. The summed E-state index contributed by atoms with van der Waals surface area (Å²) in [5, 5.41) is 6.42. The Labute approximate surface area is 134 Å². The molecular weight excluding hydrogens is 330 g/mol. The molecule has 2 aliphatic rings. The van der Waals surface area contributed by atoms with Crippen LogP contribution >= 0.6 is 15.9 Å². The van der Waals surface area contributed by atoms with Gasteiger partial charge in [0.1, 0.15) is 6.04 Å². The summed E-state index contributed by atoms with van der Waals surface area (Å²) >= 11 is 3.51. The molecule has 1 atom stereocenters. The molecule has 0 spiro atoms. The molecule has 0 aliphatic carbocycles. The number of halogens is 1. The van der Waals surface area contributed by atoms with Crippen molar-refractivity contribution in [2.24, 2.45) is 5.92 Å². The van der Waals surface area contributed by atoms with E-state index in [9.17, 15) is 4.79 Å². The highest BCUT2D eigenvalue weighted by molar-refractivity contribution is 9.10. The van der Waals surface area contributed by atoms with E-state index in [0.717, 1.165) is 42.8 Å². The molecule has 21 heavy (non-hydrogen) atoms. The standard InChI is InChI=1S/C16H22BrN3O/c17-14-3-1-2-13(10-14)15-16(21)19-8-9-20(15)11-12-4-6-18-7-5-12/h1-3,10,12,15,18H,4-9,11H2,(H,19,21). The molecule has 2 heterocycles. The highest BCUT2D eigenvalue weighted by Gasteiger charge is 2.32. The molecule has 5 heteroatoms. The maximum Gasteiger partial charge on any atom is 0.242 e. The number of rotatable bonds is 3. The Bertz CT molecular complexity index is 502. The number of carbonyl (C=O) groups is 1. The van der Waals surface area contributed by atoms with Crippen LogP contribution in [-0.2, 0) is 4.79 Å². The van der Waals surface area contributed by atoms with Crippen molar-refractivity contribution in [2.75, 3.05) is 32.7 Å². The molecule has 0 bridgehead atoms. The van der Waals surface area contributed by atoms with Gasteiger partial charge < -0.3 is 10.6 Å². The minimum atomic E-state index is -0.147. The Balaban J connectivity index is 1.77. The number of carbonyl (C=O) groups excluding carboxylic acids is 1. The first-order chi connectivity index (χ1) is 10.2. The summed E-state index contributed by atoms with van der Waals surface area (Å²) in [6.07, 6.45) is 2.42. The fraction of sp³-hybridized carbons (Fsp3) is 0.562. The van der Waals surface area contributed by atoms with Crippen LogP contribution in [0.3, 0.4) is 0 Å². The monoisotopic (exact) mass is 351 g/mol. The first-order valence-corrected chi connectivity index (χ1v) is 8.51. The predicted octanol–water partition coefficient (Wildman–Crippen LogP) is 1.92. The van der Waals surface area contributed by atoms with Crippen molar-refractivity contribution < 1.29 is 4.79 Å². The van der Waals surface area contributed by atoms with E-state index >= 15 is 0 Å². The van der Waals surface area contributed by atoms with Crippen molar-refractivity contribution in [3.05, 3.63) is 34.3 Å². The number of amides is 1. The number of nitrogens with one attached hydrogen (secondary N) is 2. The number of nitrogens with zero attached hydrogens (tertiary/aromatic N) is 1. The van der Waals surface area contributed by atoms with Crippen molar-refractivity contribution >= 4 is 21.8 Å². The molecule has 2 saturated heterocycles. The van der Waals surface area contributed by atoms with Crippen molar-refractivity contribution in [3.63, 3.8) is 0 Å². The Morgan fingerprint density at radius 2 is 2.05 bits per heavy atom. The van der Waals surface area contributed by atoms with E-state index < -0.39 is 0 Å². The molecule has 1 unspecified atom stereocenters. The van der Waals surface area contributed by atoms with Crippen LogP contribution in [0.4, 0.5) is 0 Å². The van der Waals surface area contributed by atoms with Crippen LogP contribution in [-0.4, -0.2) is 43.5 Å². The van der Waals surface area contributed by atoms with E-state index in [1.54, 1.807) is 0 Å². The van der Waals surface area contributed by atoms with Crippen LogP contribution < -0.4 is 10.6 Å². The van der Waals surface area contributed by atoms with Crippen molar-refractivity contribution in [1.82, 2.24) is 15.5 Å². The third-order valence-corrected chi connectivity index (χ3v) is 4.92. The van der Waals surface area contributed by atoms with Crippen LogP contribution in [0, 0.1) is 5.92 Å². The molecule has 2 N–H and O–H groups in total. The maximum absolute atomic E-state index is 12.4.